The largest absolute Gasteiger partial charge is 0.329 e. The SMILES string of the molecule is C1CCCNCC1.CC(C)C12CCC[NH+]1CC2. The molecule has 2 N–H and O–H groups in total. The van der Waals surface area contributed by atoms with E-state index in [9.17, 15) is 0 Å². The van der Waals surface area contributed by atoms with Gasteiger partial charge in [0, 0.05) is 18.8 Å². The Kier molecular flexibility index (Phi) is 4.87. The molecular formula is C15H31N2+. The second kappa shape index (κ2) is 6.19. The monoisotopic (exact) mass is 239 g/mol. The highest BCUT2D eigenvalue weighted by molar-refractivity contribution is 4.90. The summed E-state index contributed by atoms with van der Waals surface area (Å²) < 4.78 is 0. The maximum Gasteiger partial charge on any atom is 0.106 e. The fourth-order valence-electron chi connectivity index (χ4n) is 3.88. The zero-order valence-corrected chi connectivity index (χ0v) is 11.9. The van der Waals surface area contributed by atoms with Crippen molar-refractivity contribution in [2.45, 2.75) is 64.3 Å². The molecule has 3 aliphatic heterocycles. The molecule has 2 atom stereocenters. The maximum atomic E-state index is 3.35. The van der Waals surface area contributed by atoms with Crippen molar-refractivity contribution in [3.63, 3.8) is 0 Å². The lowest BCUT2D eigenvalue weighted by molar-refractivity contribution is -0.987. The number of rotatable bonds is 1. The van der Waals surface area contributed by atoms with Crippen LogP contribution >= 0.6 is 0 Å². The Balaban J connectivity index is 0.000000136. The minimum atomic E-state index is 0.750. The highest BCUT2D eigenvalue weighted by Crippen LogP contribution is 2.31. The average Bonchev–Trinajstić information content (AvgIpc) is 2.52. The molecule has 100 valence electrons. The van der Waals surface area contributed by atoms with Gasteiger partial charge < -0.3 is 10.2 Å². The Bertz CT molecular complexity index is 207. The van der Waals surface area contributed by atoms with Crippen LogP contribution in [0, 0.1) is 5.92 Å². The van der Waals surface area contributed by atoms with Gasteiger partial charge in [0.2, 0.25) is 0 Å². The van der Waals surface area contributed by atoms with Crippen molar-refractivity contribution in [3.05, 3.63) is 0 Å². The van der Waals surface area contributed by atoms with E-state index in [-0.39, 0.29) is 0 Å². The van der Waals surface area contributed by atoms with Crippen LogP contribution in [-0.4, -0.2) is 31.7 Å². The molecule has 3 aliphatic rings. The molecule has 0 bridgehead atoms. The first-order chi connectivity index (χ1) is 8.26. The molecule has 0 spiro atoms. The van der Waals surface area contributed by atoms with Gasteiger partial charge in [-0.15, -0.1) is 0 Å². The molecule has 0 amide bonds. The van der Waals surface area contributed by atoms with Gasteiger partial charge in [0.25, 0.3) is 0 Å². The smallest absolute Gasteiger partial charge is 0.106 e. The first kappa shape index (κ1) is 13.4. The number of hydrogen-bond donors (Lipinski definition) is 2. The van der Waals surface area contributed by atoms with E-state index in [1.54, 1.807) is 0 Å². The summed E-state index contributed by atoms with van der Waals surface area (Å²) in [5.41, 5.74) is 0.750. The van der Waals surface area contributed by atoms with Crippen LogP contribution < -0.4 is 10.2 Å². The molecule has 0 aliphatic carbocycles. The topological polar surface area (TPSA) is 16.5 Å². The standard InChI is InChI=1S/C9H17N.C6H13N/c1-8(2)9-4-3-6-10(9)7-5-9;1-2-4-6-7-5-3-1/h8H,3-7H2,1-2H3;7H,1-6H2/p+1. The Labute approximate surface area is 107 Å². The van der Waals surface area contributed by atoms with E-state index in [1.165, 1.54) is 71.1 Å². The van der Waals surface area contributed by atoms with E-state index >= 15 is 0 Å². The van der Waals surface area contributed by atoms with Crippen molar-refractivity contribution in [2.24, 2.45) is 5.92 Å². The second-order valence-corrected chi connectivity index (χ2v) is 6.43. The Hall–Kier alpha value is -0.0800. The molecule has 0 radical (unpaired) electrons. The molecule has 3 saturated heterocycles. The van der Waals surface area contributed by atoms with Crippen molar-refractivity contribution in [1.82, 2.24) is 5.32 Å². The second-order valence-electron chi connectivity index (χ2n) is 6.43. The summed E-state index contributed by atoms with van der Waals surface area (Å²) >= 11 is 0. The summed E-state index contributed by atoms with van der Waals surface area (Å²) in [5, 5.41) is 3.35. The first-order valence-corrected chi connectivity index (χ1v) is 7.81. The number of hydrogen-bond acceptors (Lipinski definition) is 1. The van der Waals surface area contributed by atoms with Crippen LogP contribution in [0.2, 0.25) is 0 Å². The van der Waals surface area contributed by atoms with E-state index in [0.717, 1.165) is 11.5 Å². The predicted molar refractivity (Wildman–Crippen MR) is 73.5 cm³/mol. The van der Waals surface area contributed by atoms with Crippen molar-refractivity contribution < 1.29 is 4.90 Å². The highest BCUT2D eigenvalue weighted by Gasteiger charge is 2.54. The molecule has 2 unspecified atom stereocenters. The molecule has 2 heteroatoms. The van der Waals surface area contributed by atoms with Crippen molar-refractivity contribution in [1.29, 1.82) is 0 Å². The third kappa shape index (κ3) is 3.03. The van der Waals surface area contributed by atoms with Gasteiger partial charge in [-0.25, -0.2) is 0 Å². The van der Waals surface area contributed by atoms with E-state index in [4.69, 9.17) is 0 Å². The number of nitrogens with one attached hydrogen (secondary N) is 2. The van der Waals surface area contributed by atoms with E-state index in [0.29, 0.717) is 0 Å². The van der Waals surface area contributed by atoms with Crippen LogP contribution in [0.4, 0.5) is 0 Å². The molecule has 0 aromatic rings. The molecule has 3 heterocycles. The van der Waals surface area contributed by atoms with Crippen LogP contribution in [0.5, 0.6) is 0 Å². The first-order valence-electron chi connectivity index (χ1n) is 7.81. The summed E-state index contributed by atoms with van der Waals surface area (Å²) in [4.78, 5) is 1.91. The highest BCUT2D eigenvalue weighted by atomic mass is 15.3. The molecule has 0 saturated carbocycles. The van der Waals surface area contributed by atoms with Crippen molar-refractivity contribution in [3.8, 4) is 0 Å². The Morgan fingerprint density at radius 1 is 0.882 bits per heavy atom. The fraction of sp³-hybridized carbons (Fsp3) is 1.00. The fourth-order valence-corrected chi connectivity index (χ4v) is 3.88. The summed E-state index contributed by atoms with van der Waals surface area (Å²) in [6, 6.07) is 0. The van der Waals surface area contributed by atoms with Crippen LogP contribution in [0.3, 0.4) is 0 Å². The van der Waals surface area contributed by atoms with Crippen LogP contribution in [0.15, 0.2) is 0 Å². The summed E-state index contributed by atoms with van der Waals surface area (Å²) in [5.74, 6) is 0.916. The van der Waals surface area contributed by atoms with Gasteiger partial charge in [-0.1, -0.05) is 26.7 Å². The van der Waals surface area contributed by atoms with Crippen LogP contribution in [0.1, 0.15) is 58.8 Å². The molecule has 0 aromatic carbocycles. The third-order valence-electron chi connectivity index (χ3n) is 5.24. The van der Waals surface area contributed by atoms with Crippen molar-refractivity contribution in [2.75, 3.05) is 26.2 Å². The third-order valence-corrected chi connectivity index (χ3v) is 5.24. The van der Waals surface area contributed by atoms with Gasteiger partial charge in [-0.2, -0.15) is 0 Å². The lowest BCUT2D eigenvalue weighted by atomic mass is 9.76. The van der Waals surface area contributed by atoms with Gasteiger partial charge in [-0.3, -0.25) is 0 Å². The summed E-state index contributed by atoms with van der Waals surface area (Å²) in [6.07, 6.45) is 10.1. The lowest BCUT2D eigenvalue weighted by Gasteiger charge is -2.47. The van der Waals surface area contributed by atoms with Gasteiger partial charge in [0.05, 0.1) is 19.5 Å². The Morgan fingerprint density at radius 3 is 2.00 bits per heavy atom. The molecule has 3 fully saturated rings. The van der Waals surface area contributed by atoms with E-state index in [2.05, 4.69) is 19.2 Å². The Morgan fingerprint density at radius 2 is 1.59 bits per heavy atom. The lowest BCUT2D eigenvalue weighted by Crippen LogP contribution is -3.25. The van der Waals surface area contributed by atoms with Gasteiger partial charge >= 0.3 is 0 Å². The molecule has 2 nitrogen and oxygen atoms in total. The summed E-state index contributed by atoms with van der Waals surface area (Å²) in [7, 11) is 0. The van der Waals surface area contributed by atoms with Crippen LogP contribution in [0.25, 0.3) is 0 Å². The van der Waals surface area contributed by atoms with E-state index in [1.807, 2.05) is 4.90 Å². The van der Waals surface area contributed by atoms with Gasteiger partial charge in [-0.05, 0) is 25.9 Å². The van der Waals surface area contributed by atoms with Gasteiger partial charge in [0.15, 0.2) is 0 Å². The zero-order valence-electron chi connectivity index (χ0n) is 11.9. The zero-order chi connectivity index (χ0) is 12.1. The van der Waals surface area contributed by atoms with Crippen LogP contribution in [-0.2, 0) is 0 Å². The van der Waals surface area contributed by atoms with Crippen molar-refractivity contribution >= 4 is 0 Å². The molecule has 3 rings (SSSR count). The van der Waals surface area contributed by atoms with Gasteiger partial charge in [0.1, 0.15) is 5.54 Å². The molecular weight excluding hydrogens is 208 g/mol. The normalized spacial score (nSPS) is 36.5. The number of fused-ring (bicyclic) bond motifs is 1. The minimum Gasteiger partial charge on any atom is -0.329 e. The predicted octanol–water partition coefficient (Wildman–Crippen LogP) is 1.61. The molecule has 0 aromatic heterocycles. The quantitative estimate of drug-likeness (QED) is 0.711. The maximum absolute atomic E-state index is 3.35. The minimum absolute atomic E-state index is 0.750. The average molecular weight is 239 g/mol. The number of quaternary nitrogens is 1. The molecule has 17 heavy (non-hydrogen) atoms. The summed E-state index contributed by atoms with van der Waals surface area (Å²) in [6.45, 7) is 10.2. The van der Waals surface area contributed by atoms with E-state index < -0.39 is 0 Å².